The Kier molecular flexibility index (Phi) is 13.0. The number of likely N-dealkylation sites (N-methyl/N-ethyl adjacent to an activating group) is 1. The van der Waals surface area contributed by atoms with E-state index in [2.05, 4.69) is 25.7 Å². The maximum Gasteiger partial charge on any atom is 0.305 e. The molecule has 0 spiro atoms. The van der Waals surface area contributed by atoms with Gasteiger partial charge in [-0.05, 0) is 36.8 Å². The van der Waals surface area contributed by atoms with Gasteiger partial charge in [-0.3, -0.25) is 24.0 Å². The molecule has 1 aromatic carbocycles. The van der Waals surface area contributed by atoms with Gasteiger partial charge in [-0.25, -0.2) is 0 Å². The van der Waals surface area contributed by atoms with Crippen molar-refractivity contribution in [3.63, 3.8) is 0 Å². The molecule has 4 N–H and O–H groups in total. The third kappa shape index (κ3) is 10.4. The van der Waals surface area contributed by atoms with Crippen LogP contribution >= 0.6 is 11.8 Å². The quantitative estimate of drug-likeness (QED) is 0.193. The Hall–Kier alpha value is -3.34. The van der Waals surface area contributed by atoms with Crippen molar-refractivity contribution in [3.05, 3.63) is 36.0 Å². The minimum atomic E-state index is -0.891. The number of thioether (sulfide) groups is 1. The highest BCUT2D eigenvalue weighted by Crippen LogP contribution is 2.21. The van der Waals surface area contributed by atoms with Gasteiger partial charge < -0.3 is 25.7 Å². The van der Waals surface area contributed by atoms with Gasteiger partial charge >= 0.3 is 5.97 Å². The zero-order valence-corrected chi connectivity index (χ0v) is 24.1. The summed E-state index contributed by atoms with van der Waals surface area (Å²) in [5, 5.41) is 8.29. The van der Waals surface area contributed by atoms with Crippen molar-refractivity contribution in [2.45, 2.75) is 76.6 Å². The standard InChI is InChI=1S/C28H40N4O6S/c1-17(2)14-22(32-28(37)24(39-18(3)33)12-8-9-13-25(34)38-5)27(36)31-23(26(35)29-4)15-19-16-30-21-11-7-6-10-20(19)21/h6-7,10-11,16-17,22-24,30H,8-9,12-15H2,1-5H3,(H,29,35)(H,31,36)(H,32,37)/t22-,23-,24?/m0/s1. The molecule has 0 saturated heterocycles. The molecule has 0 aliphatic carbocycles. The number of benzene rings is 1. The Morgan fingerprint density at radius 2 is 1.67 bits per heavy atom. The zero-order valence-electron chi connectivity index (χ0n) is 23.3. The van der Waals surface area contributed by atoms with E-state index in [1.54, 1.807) is 0 Å². The van der Waals surface area contributed by atoms with Gasteiger partial charge in [0.15, 0.2) is 5.12 Å². The Morgan fingerprint density at radius 3 is 2.31 bits per heavy atom. The molecular formula is C28H40N4O6S. The van der Waals surface area contributed by atoms with Crippen LogP contribution in [0.4, 0.5) is 0 Å². The summed E-state index contributed by atoms with van der Waals surface area (Å²) >= 11 is 0.905. The number of hydrogen-bond donors (Lipinski definition) is 4. The number of H-pyrrole nitrogens is 1. The van der Waals surface area contributed by atoms with Gasteiger partial charge in [-0.2, -0.15) is 0 Å². The van der Waals surface area contributed by atoms with E-state index in [0.29, 0.717) is 25.7 Å². The lowest BCUT2D eigenvalue weighted by molar-refractivity contribution is -0.140. The average Bonchev–Trinajstić information content (AvgIpc) is 3.31. The molecule has 0 aliphatic heterocycles. The second-order valence-electron chi connectivity index (χ2n) is 9.85. The molecule has 3 atom stereocenters. The van der Waals surface area contributed by atoms with E-state index in [9.17, 15) is 24.0 Å². The van der Waals surface area contributed by atoms with Crippen molar-refractivity contribution >= 4 is 51.5 Å². The molecule has 3 amide bonds. The first-order chi connectivity index (χ1) is 18.5. The molecule has 2 rings (SSSR count). The van der Waals surface area contributed by atoms with E-state index in [0.717, 1.165) is 28.2 Å². The first kappa shape index (κ1) is 31.9. The second-order valence-corrected chi connectivity index (χ2v) is 11.2. The number of ether oxygens (including phenoxy) is 1. The lowest BCUT2D eigenvalue weighted by atomic mass is 10.0. The highest BCUT2D eigenvalue weighted by molar-refractivity contribution is 8.14. The number of aromatic nitrogens is 1. The van der Waals surface area contributed by atoms with Crippen LogP contribution in [0.15, 0.2) is 30.5 Å². The number of carbonyl (C=O) groups is 5. The SMILES string of the molecule is CNC(=O)[C@H](Cc1c[nH]c2ccccc12)NC(=O)[C@H](CC(C)C)NC(=O)C(CCCCC(=O)OC)SC(C)=O. The first-order valence-electron chi connectivity index (χ1n) is 13.2. The Bertz CT molecular complexity index is 1150. The molecule has 0 aliphatic rings. The molecule has 10 nitrogen and oxygen atoms in total. The molecular weight excluding hydrogens is 520 g/mol. The van der Waals surface area contributed by atoms with E-state index < -0.39 is 29.1 Å². The van der Waals surface area contributed by atoms with Crippen molar-refractivity contribution in [2.24, 2.45) is 5.92 Å². The van der Waals surface area contributed by atoms with Crippen molar-refractivity contribution in [1.29, 1.82) is 0 Å². The lowest BCUT2D eigenvalue weighted by Crippen LogP contribution is -2.55. The van der Waals surface area contributed by atoms with Crippen molar-refractivity contribution in [1.82, 2.24) is 20.9 Å². The minimum Gasteiger partial charge on any atom is -0.469 e. The van der Waals surface area contributed by atoms with Crippen molar-refractivity contribution in [3.8, 4) is 0 Å². The highest BCUT2D eigenvalue weighted by Gasteiger charge is 2.30. The van der Waals surface area contributed by atoms with E-state index in [1.165, 1.54) is 21.1 Å². The van der Waals surface area contributed by atoms with Crippen LogP contribution in [0.3, 0.4) is 0 Å². The number of para-hydroxylation sites is 1. The normalized spacial score (nSPS) is 13.4. The minimum absolute atomic E-state index is 0.0760. The first-order valence-corrected chi connectivity index (χ1v) is 14.0. The topological polar surface area (TPSA) is 146 Å². The van der Waals surface area contributed by atoms with E-state index in [4.69, 9.17) is 0 Å². The molecule has 1 aromatic heterocycles. The van der Waals surface area contributed by atoms with Crippen LogP contribution < -0.4 is 16.0 Å². The maximum absolute atomic E-state index is 13.4. The number of rotatable bonds is 15. The predicted octanol–water partition coefficient (Wildman–Crippen LogP) is 2.85. The van der Waals surface area contributed by atoms with Crippen molar-refractivity contribution < 1.29 is 28.7 Å². The van der Waals surface area contributed by atoms with Crippen LogP contribution in [-0.4, -0.2) is 65.3 Å². The summed E-state index contributed by atoms with van der Waals surface area (Å²) in [6.45, 7) is 5.25. The van der Waals surface area contributed by atoms with Gasteiger partial charge in [0.25, 0.3) is 0 Å². The highest BCUT2D eigenvalue weighted by atomic mass is 32.2. The fourth-order valence-electron chi connectivity index (χ4n) is 4.29. The van der Waals surface area contributed by atoms with E-state index in [1.807, 2.05) is 44.3 Å². The molecule has 1 unspecified atom stereocenters. The summed E-state index contributed by atoms with van der Waals surface area (Å²) in [6.07, 6.45) is 4.09. The number of unbranched alkanes of at least 4 members (excludes halogenated alkanes) is 1. The summed E-state index contributed by atoms with van der Waals surface area (Å²) in [5.41, 5.74) is 1.81. The molecule has 0 fully saturated rings. The van der Waals surface area contributed by atoms with Gasteiger partial charge in [-0.15, -0.1) is 0 Å². The summed E-state index contributed by atoms with van der Waals surface area (Å²) < 4.78 is 4.64. The molecule has 0 radical (unpaired) electrons. The number of aromatic amines is 1. The average molecular weight is 561 g/mol. The van der Waals surface area contributed by atoms with Crippen LogP contribution in [0.2, 0.25) is 0 Å². The fraction of sp³-hybridized carbons (Fsp3) is 0.536. The van der Waals surface area contributed by atoms with Gasteiger partial charge in [0, 0.05) is 43.9 Å². The van der Waals surface area contributed by atoms with E-state index in [-0.39, 0.29) is 35.8 Å². The van der Waals surface area contributed by atoms with E-state index >= 15 is 0 Å². The molecule has 39 heavy (non-hydrogen) atoms. The smallest absolute Gasteiger partial charge is 0.305 e. The predicted molar refractivity (Wildman–Crippen MR) is 152 cm³/mol. The Balaban J connectivity index is 2.14. The number of carbonyl (C=O) groups excluding carboxylic acids is 5. The third-order valence-electron chi connectivity index (χ3n) is 6.24. The molecule has 1 heterocycles. The monoisotopic (exact) mass is 560 g/mol. The number of nitrogens with one attached hydrogen (secondary N) is 4. The van der Waals surface area contributed by atoms with Crippen LogP contribution in [0, 0.1) is 5.92 Å². The van der Waals surface area contributed by atoms with Crippen LogP contribution in [0.5, 0.6) is 0 Å². The summed E-state index contributed by atoms with van der Waals surface area (Å²) in [7, 11) is 2.83. The Labute approximate surface area is 233 Å². The zero-order chi connectivity index (χ0) is 28.9. The van der Waals surface area contributed by atoms with Crippen LogP contribution in [0.1, 0.15) is 58.4 Å². The van der Waals surface area contributed by atoms with Gasteiger partial charge in [0.1, 0.15) is 12.1 Å². The number of amides is 3. The van der Waals surface area contributed by atoms with Gasteiger partial charge in [0.2, 0.25) is 17.7 Å². The second kappa shape index (κ2) is 15.9. The van der Waals surface area contributed by atoms with Gasteiger partial charge in [0.05, 0.1) is 12.4 Å². The number of fused-ring (bicyclic) bond motifs is 1. The largest absolute Gasteiger partial charge is 0.469 e. The van der Waals surface area contributed by atoms with Crippen LogP contribution in [-0.2, 0) is 35.1 Å². The fourth-order valence-corrected chi connectivity index (χ4v) is 5.15. The molecule has 0 saturated carbocycles. The number of methoxy groups -OCH3 is 1. The summed E-state index contributed by atoms with van der Waals surface area (Å²) in [6, 6.07) is 5.96. The maximum atomic E-state index is 13.4. The molecule has 2 aromatic rings. The van der Waals surface area contributed by atoms with Gasteiger partial charge in [-0.1, -0.05) is 50.2 Å². The number of esters is 1. The third-order valence-corrected chi connectivity index (χ3v) is 7.31. The number of hydrogen-bond acceptors (Lipinski definition) is 7. The van der Waals surface area contributed by atoms with Crippen molar-refractivity contribution in [2.75, 3.05) is 14.2 Å². The summed E-state index contributed by atoms with van der Waals surface area (Å²) in [4.78, 5) is 65.7. The molecule has 0 bridgehead atoms. The summed E-state index contributed by atoms with van der Waals surface area (Å²) in [5.74, 6) is -1.50. The molecule has 11 heteroatoms. The lowest BCUT2D eigenvalue weighted by Gasteiger charge is -2.25. The molecule has 214 valence electrons. The Morgan fingerprint density at radius 1 is 0.974 bits per heavy atom. The van der Waals surface area contributed by atoms with Crippen LogP contribution in [0.25, 0.3) is 10.9 Å².